The van der Waals surface area contributed by atoms with Crippen molar-refractivity contribution in [3.8, 4) is 17.3 Å². The average molecular weight is 425 g/mol. The number of nitriles is 1. The molecule has 0 radical (unpaired) electrons. The Kier molecular flexibility index (Phi) is 5.48. The van der Waals surface area contributed by atoms with Gasteiger partial charge in [0, 0.05) is 43.8 Å². The topological polar surface area (TPSA) is 107 Å². The highest BCUT2D eigenvalue weighted by molar-refractivity contribution is 5.78. The van der Waals surface area contributed by atoms with E-state index < -0.39 is 0 Å². The van der Waals surface area contributed by atoms with Crippen LogP contribution in [0.3, 0.4) is 0 Å². The van der Waals surface area contributed by atoms with Crippen molar-refractivity contribution in [3.05, 3.63) is 65.6 Å². The van der Waals surface area contributed by atoms with Gasteiger partial charge in [-0.15, -0.1) is 0 Å². The minimum absolute atomic E-state index is 0.0592. The molecule has 0 atom stereocenters. The zero-order valence-corrected chi connectivity index (χ0v) is 17.6. The van der Waals surface area contributed by atoms with Crippen LogP contribution in [-0.4, -0.2) is 45.4 Å². The van der Waals surface area contributed by atoms with Gasteiger partial charge in [0.05, 0.1) is 23.9 Å². The van der Waals surface area contributed by atoms with E-state index in [4.69, 9.17) is 10.2 Å². The van der Waals surface area contributed by atoms with Gasteiger partial charge in [0.2, 0.25) is 5.91 Å². The van der Waals surface area contributed by atoms with Crippen LogP contribution in [0.5, 0.6) is 0 Å². The van der Waals surface area contributed by atoms with E-state index in [1.165, 1.54) is 18.4 Å². The molecular formula is C24H23N7O. The van der Waals surface area contributed by atoms with Crippen LogP contribution >= 0.6 is 0 Å². The van der Waals surface area contributed by atoms with E-state index in [1.807, 2.05) is 12.4 Å². The largest absolute Gasteiger partial charge is 0.354 e. The molecule has 160 valence electrons. The number of piperazine rings is 1. The predicted octanol–water partition coefficient (Wildman–Crippen LogP) is 2.96. The smallest absolute Gasteiger partial charge is 0.234 e. The Morgan fingerprint density at radius 3 is 2.91 bits per heavy atom. The minimum atomic E-state index is 0.0592. The predicted molar refractivity (Wildman–Crippen MR) is 120 cm³/mol. The maximum Gasteiger partial charge on any atom is 0.234 e. The number of rotatable bonds is 6. The molecule has 8 heteroatoms. The molecule has 4 heterocycles. The Morgan fingerprint density at radius 2 is 2.09 bits per heavy atom. The molecule has 3 aromatic heterocycles. The second-order valence-corrected chi connectivity index (χ2v) is 8.25. The van der Waals surface area contributed by atoms with Gasteiger partial charge in [0.15, 0.2) is 0 Å². The van der Waals surface area contributed by atoms with Gasteiger partial charge in [-0.25, -0.2) is 9.97 Å². The van der Waals surface area contributed by atoms with Gasteiger partial charge >= 0.3 is 0 Å². The normalized spacial score (nSPS) is 16.3. The lowest BCUT2D eigenvalue weighted by Gasteiger charge is -2.26. The summed E-state index contributed by atoms with van der Waals surface area (Å²) in [5, 5.41) is 15.3. The van der Waals surface area contributed by atoms with E-state index in [-0.39, 0.29) is 5.91 Å². The lowest BCUT2D eigenvalue weighted by molar-refractivity contribution is -0.124. The summed E-state index contributed by atoms with van der Waals surface area (Å²) in [4.78, 5) is 27.4. The van der Waals surface area contributed by atoms with Crippen molar-refractivity contribution in [1.82, 2.24) is 25.2 Å². The Hall–Kier alpha value is -3.83. The highest BCUT2D eigenvalue weighted by atomic mass is 16.2. The van der Waals surface area contributed by atoms with Crippen LogP contribution in [0.25, 0.3) is 11.3 Å². The molecule has 0 unspecified atom stereocenters. The molecule has 0 aromatic carbocycles. The lowest BCUT2D eigenvalue weighted by atomic mass is 10.1. The Morgan fingerprint density at radius 1 is 1.19 bits per heavy atom. The number of anilines is 2. The number of nitrogens with zero attached hydrogens (tertiary/aromatic N) is 5. The molecule has 1 amide bonds. The Bertz CT molecular complexity index is 1200. The summed E-state index contributed by atoms with van der Waals surface area (Å²) in [6.45, 7) is 2.58. The van der Waals surface area contributed by atoms with Crippen LogP contribution in [0.4, 0.5) is 11.6 Å². The van der Waals surface area contributed by atoms with E-state index >= 15 is 0 Å². The third kappa shape index (κ3) is 4.74. The molecular weight excluding hydrogens is 402 g/mol. The van der Waals surface area contributed by atoms with Gasteiger partial charge in [-0.3, -0.25) is 14.7 Å². The van der Waals surface area contributed by atoms with Gasteiger partial charge < -0.3 is 10.6 Å². The van der Waals surface area contributed by atoms with Crippen molar-refractivity contribution >= 4 is 17.5 Å². The maximum atomic E-state index is 11.7. The molecule has 2 N–H and O–H groups in total. The fourth-order valence-electron chi connectivity index (χ4n) is 3.91. The first-order chi connectivity index (χ1) is 15.7. The number of carbonyl (C=O) groups is 1. The molecule has 2 aliphatic rings. The summed E-state index contributed by atoms with van der Waals surface area (Å²) >= 11 is 0. The number of aromatic nitrogens is 3. The molecule has 5 rings (SSSR count). The van der Waals surface area contributed by atoms with Gasteiger partial charge in [-0.1, -0.05) is 0 Å². The standard InChI is InChI=1S/C24H23N7O/c25-11-16-3-4-27-22(8-16)30-23-10-19(18-1-2-18)9-21(29-23)20-7-17(12-26-13-20)14-31-6-5-28-24(32)15-31/h3-4,7-10,12-13,18H,1-2,5-6,14-15H2,(H,28,32)(H,27,29,30). The Labute approximate surface area is 186 Å². The third-order valence-corrected chi connectivity index (χ3v) is 5.66. The number of amides is 1. The number of carbonyl (C=O) groups excluding carboxylic acids is 1. The van der Waals surface area contributed by atoms with Crippen molar-refractivity contribution < 1.29 is 4.79 Å². The van der Waals surface area contributed by atoms with E-state index in [0.717, 1.165) is 23.4 Å². The van der Waals surface area contributed by atoms with Crippen molar-refractivity contribution in [1.29, 1.82) is 5.26 Å². The highest BCUT2D eigenvalue weighted by Gasteiger charge is 2.25. The average Bonchev–Trinajstić information content (AvgIpc) is 3.65. The molecule has 0 spiro atoms. The van der Waals surface area contributed by atoms with E-state index in [2.05, 4.69) is 49.8 Å². The summed E-state index contributed by atoms with van der Waals surface area (Å²) in [5.41, 5.74) is 4.62. The second-order valence-electron chi connectivity index (χ2n) is 8.25. The van der Waals surface area contributed by atoms with Crippen molar-refractivity contribution in [2.45, 2.75) is 25.3 Å². The van der Waals surface area contributed by atoms with Crippen LogP contribution in [0.2, 0.25) is 0 Å². The second kappa shape index (κ2) is 8.73. The van der Waals surface area contributed by atoms with Crippen LogP contribution < -0.4 is 10.6 Å². The number of nitrogens with one attached hydrogen (secondary N) is 2. The molecule has 1 saturated heterocycles. The summed E-state index contributed by atoms with van der Waals surface area (Å²) in [6.07, 6.45) is 7.64. The number of hydrogen-bond acceptors (Lipinski definition) is 7. The first-order valence-corrected chi connectivity index (χ1v) is 10.7. The highest BCUT2D eigenvalue weighted by Crippen LogP contribution is 2.42. The van der Waals surface area contributed by atoms with Crippen LogP contribution in [0, 0.1) is 11.3 Å². The van der Waals surface area contributed by atoms with Crippen molar-refractivity contribution in [2.75, 3.05) is 25.0 Å². The van der Waals surface area contributed by atoms with Crippen LogP contribution in [-0.2, 0) is 11.3 Å². The van der Waals surface area contributed by atoms with E-state index in [1.54, 1.807) is 18.3 Å². The molecule has 2 fully saturated rings. The lowest BCUT2D eigenvalue weighted by Crippen LogP contribution is -2.47. The monoisotopic (exact) mass is 425 g/mol. The Balaban J connectivity index is 1.42. The van der Waals surface area contributed by atoms with Crippen molar-refractivity contribution in [2.24, 2.45) is 0 Å². The minimum Gasteiger partial charge on any atom is -0.354 e. The van der Waals surface area contributed by atoms with E-state index in [0.29, 0.717) is 42.8 Å². The summed E-state index contributed by atoms with van der Waals surface area (Å²) < 4.78 is 0. The maximum absolute atomic E-state index is 11.7. The van der Waals surface area contributed by atoms with Gasteiger partial charge in [-0.2, -0.15) is 5.26 Å². The summed E-state index contributed by atoms with van der Waals surface area (Å²) in [6, 6.07) is 11.8. The first kappa shape index (κ1) is 20.1. The number of hydrogen-bond donors (Lipinski definition) is 2. The summed E-state index contributed by atoms with van der Waals surface area (Å²) in [5.74, 6) is 1.90. The summed E-state index contributed by atoms with van der Waals surface area (Å²) in [7, 11) is 0. The van der Waals surface area contributed by atoms with Crippen molar-refractivity contribution in [3.63, 3.8) is 0 Å². The van der Waals surface area contributed by atoms with Gasteiger partial charge in [-0.05, 0) is 60.2 Å². The zero-order chi connectivity index (χ0) is 21.9. The first-order valence-electron chi connectivity index (χ1n) is 10.7. The molecule has 1 aliphatic carbocycles. The number of pyridine rings is 3. The van der Waals surface area contributed by atoms with Crippen LogP contribution in [0.15, 0.2) is 48.9 Å². The fourth-order valence-corrected chi connectivity index (χ4v) is 3.91. The van der Waals surface area contributed by atoms with Gasteiger partial charge in [0.1, 0.15) is 11.6 Å². The van der Waals surface area contributed by atoms with Gasteiger partial charge in [0.25, 0.3) is 0 Å². The molecule has 3 aromatic rings. The fraction of sp³-hybridized carbons (Fsp3) is 0.292. The van der Waals surface area contributed by atoms with Crippen LogP contribution in [0.1, 0.15) is 35.4 Å². The molecule has 8 nitrogen and oxygen atoms in total. The molecule has 1 saturated carbocycles. The molecule has 1 aliphatic heterocycles. The quantitative estimate of drug-likeness (QED) is 0.625. The molecule has 0 bridgehead atoms. The molecule has 32 heavy (non-hydrogen) atoms. The zero-order valence-electron chi connectivity index (χ0n) is 17.6. The third-order valence-electron chi connectivity index (χ3n) is 5.66. The van der Waals surface area contributed by atoms with E-state index in [9.17, 15) is 4.79 Å². The SMILES string of the molecule is N#Cc1ccnc(Nc2cc(C3CC3)cc(-c3cncc(CN4CCNC(=O)C4)c3)n2)c1.